The fourth-order valence-corrected chi connectivity index (χ4v) is 2.95. The molecule has 0 spiro atoms. The molecule has 1 saturated heterocycles. The minimum Gasteiger partial charge on any atom is -0.481 e. The van der Waals surface area contributed by atoms with Crippen LogP contribution in [0.3, 0.4) is 0 Å². The highest BCUT2D eigenvalue weighted by Gasteiger charge is 2.28. The van der Waals surface area contributed by atoms with Crippen LogP contribution in [0.25, 0.3) is 0 Å². The molecule has 0 saturated carbocycles. The first-order valence-electron chi connectivity index (χ1n) is 7.81. The first-order valence-corrected chi connectivity index (χ1v) is 8.19. The maximum Gasteiger partial charge on any atom is 0.306 e. The lowest BCUT2D eigenvalue weighted by Gasteiger charge is -2.31. The second-order valence-electron chi connectivity index (χ2n) is 6.11. The topological polar surface area (TPSA) is 77.9 Å². The van der Waals surface area contributed by atoms with E-state index in [0.717, 1.165) is 5.56 Å². The lowest BCUT2D eigenvalue weighted by molar-refractivity contribution is -0.145. The van der Waals surface area contributed by atoms with Crippen molar-refractivity contribution in [2.45, 2.75) is 19.8 Å². The van der Waals surface area contributed by atoms with Gasteiger partial charge in [0.2, 0.25) is 5.91 Å². The molecule has 0 aliphatic carbocycles. The average molecular weight is 353 g/mol. The molecule has 2 amide bonds. The number of nitrogens with zero attached hydrogens (tertiary/aromatic N) is 2. The summed E-state index contributed by atoms with van der Waals surface area (Å²) in [6.07, 6.45) is 0.901. The summed E-state index contributed by atoms with van der Waals surface area (Å²) < 4.78 is 0. The van der Waals surface area contributed by atoms with Crippen molar-refractivity contribution in [3.05, 3.63) is 34.3 Å². The van der Waals surface area contributed by atoms with E-state index < -0.39 is 5.97 Å². The van der Waals surface area contributed by atoms with Gasteiger partial charge in [-0.2, -0.15) is 0 Å². The lowest BCUT2D eigenvalue weighted by Crippen LogP contribution is -2.45. The van der Waals surface area contributed by atoms with Crippen LogP contribution in [0, 0.1) is 12.8 Å². The Labute approximate surface area is 146 Å². The molecule has 6 nitrogen and oxygen atoms in total. The van der Waals surface area contributed by atoms with Gasteiger partial charge in [0.15, 0.2) is 0 Å². The van der Waals surface area contributed by atoms with E-state index in [4.69, 9.17) is 16.7 Å². The van der Waals surface area contributed by atoms with Crippen LogP contribution in [-0.2, 0) is 9.59 Å². The van der Waals surface area contributed by atoms with Crippen LogP contribution in [0.2, 0.25) is 5.02 Å². The Balaban J connectivity index is 1.95. The Morgan fingerprint density at radius 1 is 1.29 bits per heavy atom. The molecule has 1 aliphatic rings. The lowest BCUT2D eigenvalue weighted by atomic mass is 9.97. The van der Waals surface area contributed by atoms with Gasteiger partial charge >= 0.3 is 5.97 Å². The van der Waals surface area contributed by atoms with Gasteiger partial charge in [0.25, 0.3) is 5.91 Å². The zero-order valence-corrected chi connectivity index (χ0v) is 14.5. The normalized spacial score (nSPS) is 15.2. The smallest absolute Gasteiger partial charge is 0.306 e. The van der Waals surface area contributed by atoms with Gasteiger partial charge < -0.3 is 14.9 Å². The number of carbonyl (C=O) groups is 3. The van der Waals surface area contributed by atoms with Gasteiger partial charge in [-0.15, -0.1) is 0 Å². The summed E-state index contributed by atoms with van der Waals surface area (Å²) in [5.41, 5.74) is 1.27. The molecule has 1 aliphatic heterocycles. The van der Waals surface area contributed by atoms with Crippen LogP contribution in [0.4, 0.5) is 0 Å². The largest absolute Gasteiger partial charge is 0.481 e. The number of carboxylic acid groups (broad SMARTS) is 1. The monoisotopic (exact) mass is 352 g/mol. The number of amides is 2. The van der Waals surface area contributed by atoms with Crippen molar-refractivity contribution in [3.8, 4) is 0 Å². The summed E-state index contributed by atoms with van der Waals surface area (Å²) in [5.74, 6) is -1.63. The summed E-state index contributed by atoms with van der Waals surface area (Å²) in [5, 5.41) is 9.46. The van der Waals surface area contributed by atoms with Crippen molar-refractivity contribution < 1.29 is 19.5 Å². The molecule has 0 radical (unpaired) electrons. The van der Waals surface area contributed by atoms with E-state index in [0.29, 0.717) is 36.5 Å². The van der Waals surface area contributed by atoms with Gasteiger partial charge in [-0.05, 0) is 37.5 Å². The van der Waals surface area contributed by atoms with E-state index in [1.54, 1.807) is 30.1 Å². The van der Waals surface area contributed by atoms with Gasteiger partial charge in [0.1, 0.15) is 0 Å². The molecular formula is C17H21ClN2O4. The number of hydrogen-bond acceptors (Lipinski definition) is 3. The molecule has 1 aromatic carbocycles. The minimum atomic E-state index is -0.814. The fraction of sp³-hybridized carbons (Fsp3) is 0.471. The fourth-order valence-electron chi connectivity index (χ4n) is 2.78. The van der Waals surface area contributed by atoms with Crippen molar-refractivity contribution in [1.29, 1.82) is 0 Å². The SMILES string of the molecule is Cc1ccc(Cl)cc1C(=O)N(C)CC(=O)N1CCC(C(=O)O)CC1. The molecule has 0 bridgehead atoms. The Morgan fingerprint density at radius 3 is 2.50 bits per heavy atom. The third-order valence-corrected chi connectivity index (χ3v) is 4.58. The van der Waals surface area contributed by atoms with Crippen LogP contribution in [0.15, 0.2) is 18.2 Å². The molecule has 0 aromatic heterocycles. The van der Waals surface area contributed by atoms with Crippen molar-refractivity contribution in [1.82, 2.24) is 9.80 Å². The Bertz CT molecular complexity index is 654. The zero-order valence-electron chi connectivity index (χ0n) is 13.8. The highest BCUT2D eigenvalue weighted by molar-refractivity contribution is 6.31. The Kier molecular flexibility index (Phi) is 5.83. The number of aryl methyl sites for hydroxylation is 1. The standard InChI is InChI=1S/C17H21ClN2O4/c1-11-3-4-13(18)9-14(11)16(22)19(2)10-15(21)20-7-5-12(6-8-20)17(23)24/h3-4,9,12H,5-8,10H2,1-2H3,(H,23,24). The first-order chi connectivity index (χ1) is 11.3. The number of benzene rings is 1. The van der Waals surface area contributed by atoms with Crippen LogP contribution in [-0.4, -0.2) is 59.4 Å². The second kappa shape index (κ2) is 7.66. The predicted molar refractivity (Wildman–Crippen MR) is 90.1 cm³/mol. The number of rotatable bonds is 4. The molecule has 24 heavy (non-hydrogen) atoms. The molecular weight excluding hydrogens is 332 g/mol. The van der Waals surface area contributed by atoms with Crippen LogP contribution in [0.1, 0.15) is 28.8 Å². The highest BCUT2D eigenvalue weighted by atomic mass is 35.5. The van der Waals surface area contributed by atoms with Crippen molar-refractivity contribution >= 4 is 29.4 Å². The summed E-state index contributed by atoms with van der Waals surface area (Å²) in [6, 6.07) is 5.08. The summed E-state index contributed by atoms with van der Waals surface area (Å²) in [6.45, 7) is 2.60. The molecule has 0 unspecified atom stereocenters. The number of aliphatic carboxylic acids is 1. The maximum atomic E-state index is 12.5. The number of likely N-dealkylation sites (tertiary alicyclic amines) is 1. The average Bonchev–Trinajstić information content (AvgIpc) is 2.56. The number of carbonyl (C=O) groups excluding carboxylic acids is 2. The summed E-state index contributed by atoms with van der Waals surface area (Å²) >= 11 is 5.94. The zero-order chi connectivity index (χ0) is 17.9. The summed E-state index contributed by atoms with van der Waals surface area (Å²) in [7, 11) is 1.57. The van der Waals surface area contributed by atoms with Gasteiger partial charge in [-0.1, -0.05) is 17.7 Å². The third-order valence-electron chi connectivity index (χ3n) is 4.35. The number of halogens is 1. The first kappa shape index (κ1) is 18.3. The predicted octanol–water partition coefficient (Wildman–Crippen LogP) is 2.04. The molecule has 2 rings (SSSR count). The molecule has 1 fully saturated rings. The van der Waals surface area contributed by atoms with E-state index in [1.165, 1.54) is 4.90 Å². The molecule has 1 heterocycles. The van der Waals surface area contributed by atoms with E-state index >= 15 is 0 Å². The third kappa shape index (κ3) is 4.26. The minimum absolute atomic E-state index is 0.0392. The van der Waals surface area contributed by atoms with Crippen LogP contribution >= 0.6 is 11.6 Å². The molecule has 0 atom stereocenters. The number of likely N-dealkylation sites (N-methyl/N-ethyl adjacent to an activating group) is 1. The summed E-state index contributed by atoms with van der Waals surface area (Å²) in [4.78, 5) is 38.8. The Hall–Kier alpha value is -2.08. The number of piperidine rings is 1. The van der Waals surface area contributed by atoms with E-state index in [1.807, 2.05) is 6.92 Å². The van der Waals surface area contributed by atoms with Crippen molar-refractivity contribution in [3.63, 3.8) is 0 Å². The van der Waals surface area contributed by atoms with Gasteiger partial charge in [-0.25, -0.2) is 0 Å². The maximum absolute atomic E-state index is 12.5. The van der Waals surface area contributed by atoms with E-state index in [-0.39, 0.29) is 24.3 Å². The van der Waals surface area contributed by atoms with Crippen molar-refractivity contribution in [2.75, 3.05) is 26.7 Å². The van der Waals surface area contributed by atoms with E-state index in [9.17, 15) is 14.4 Å². The Morgan fingerprint density at radius 2 is 1.92 bits per heavy atom. The number of hydrogen-bond donors (Lipinski definition) is 1. The molecule has 1 aromatic rings. The van der Waals surface area contributed by atoms with Gasteiger partial charge in [0, 0.05) is 30.7 Å². The quantitative estimate of drug-likeness (QED) is 0.899. The molecule has 1 N–H and O–H groups in total. The second-order valence-corrected chi connectivity index (χ2v) is 6.55. The van der Waals surface area contributed by atoms with E-state index in [2.05, 4.69) is 0 Å². The van der Waals surface area contributed by atoms with Crippen molar-refractivity contribution in [2.24, 2.45) is 5.92 Å². The number of carboxylic acids is 1. The molecule has 130 valence electrons. The van der Waals surface area contributed by atoms with Crippen LogP contribution in [0.5, 0.6) is 0 Å². The molecule has 7 heteroatoms. The van der Waals surface area contributed by atoms with Gasteiger partial charge in [0.05, 0.1) is 12.5 Å². The van der Waals surface area contributed by atoms with Crippen LogP contribution < -0.4 is 0 Å². The van der Waals surface area contributed by atoms with Gasteiger partial charge in [-0.3, -0.25) is 14.4 Å². The highest BCUT2D eigenvalue weighted by Crippen LogP contribution is 2.19.